The van der Waals surface area contributed by atoms with Crippen molar-refractivity contribution in [3.63, 3.8) is 0 Å². The molecule has 1 aliphatic heterocycles. The van der Waals surface area contributed by atoms with Gasteiger partial charge in [-0.3, -0.25) is 4.52 Å². The van der Waals surface area contributed by atoms with Gasteiger partial charge >= 0.3 is 7.82 Å². The van der Waals surface area contributed by atoms with Gasteiger partial charge in [-0.25, -0.2) is 9.25 Å². The van der Waals surface area contributed by atoms with E-state index < -0.39 is 39.0 Å². The van der Waals surface area contributed by atoms with E-state index in [0.717, 1.165) is 11.1 Å². The maximum Gasteiger partial charge on any atom is 0.469 e. The zero-order valence-corrected chi connectivity index (χ0v) is 13.9. The molecule has 1 saturated heterocycles. The smallest absolute Gasteiger partial charge is 0.387 e. The SMILES string of the molecule is Cc1cc2nnn([C@@H]3O[C@H](COP(=O)(O)O)[C@@H](O)[C@H]3O)c2cc1C. The fourth-order valence-corrected chi connectivity index (χ4v) is 2.96. The Labute approximate surface area is 136 Å². The van der Waals surface area contributed by atoms with E-state index in [2.05, 4.69) is 14.8 Å². The minimum Gasteiger partial charge on any atom is -0.387 e. The Morgan fingerprint density at radius 3 is 2.58 bits per heavy atom. The molecular formula is C13H18N3O7P. The van der Waals surface area contributed by atoms with Crippen LogP contribution in [0.25, 0.3) is 11.0 Å². The molecule has 0 unspecified atom stereocenters. The van der Waals surface area contributed by atoms with E-state index in [4.69, 9.17) is 14.5 Å². The summed E-state index contributed by atoms with van der Waals surface area (Å²) in [7, 11) is -4.70. The molecule has 11 heteroatoms. The maximum absolute atomic E-state index is 10.8. The lowest BCUT2D eigenvalue weighted by atomic mass is 10.1. The monoisotopic (exact) mass is 359 g/mol. The van der Waals surface area contributed by atoms with Gasteiger partial charge in [0.25, 0.3) is 0 Å². The van der Waals surface area contributed by atoms with Crippen molar-refractivity contribution in [1.82, 2.24) is 15.0 Å². The van der Waals surface area contributed by atoms with Gasteiger partial charge < -0.3 is 24.7 Å². The number of aryl methyl sites for hydroxylation is 2. The normalized spacial score (nSPS) is 27.9. The van der Waals surface area contributed by atoms with Crippen LogP contribution in [0.1, 0.15) is 17.4 Å². The fraction of sp³-hybridized carbons (Fsp3) is 0.538. The average Bonchev–Trinajstić information content (AvgIpc) is 3.00. The molecule has 0 radical (unpaired) electrons. The van der Waals surface area contributed by atoms with Crippen molar-refractivity contribution in [3.8, 4) is 0 Å². The molecule has 0 aliphatic carbocycles. The van der Waals surface area contributed by atoms with Crippen LogP contribution in [0, 0.1) is 13.8 Å². The predicted molar refractivity (Wildman–Crippen MR) is 80.9 cm³/mol. The first-order valence-electron chi connectivity index (χ1n) is 7.21. The van der Waals surface area contributed by atoms with E-state index in [1.54, 1.807) is 0 Å². The molecule has 0 saturated carbocycles. The van der Waals surface area contributed by atoms with Gasteiger partial charge in [0.1, 0.15) is 23.8 Å². The van der Waals surface area contributed by atoms with E-state index in [-0.39, 0.29) is 0 Å². The molecule has 4 N–H and O–H groups in total. The van der Waals surface area contributed by atoms with Crippen LogP contribution in [0.5, 0.6) is 0 Å². The number of ether oxygens (including phenoxy) is 1. The molecule has 1 aliphatic rings. The number of phosphoric acid groups is 1. The summed E-state index contributed by atoms with van der Waals surface area (Å²) in [4.78, 5) is 17.5. The Hall–Kier alpha value is -1.39. The van der Waals surface area contributed by atoms with Gasteiger partial charge in [0, 0.05) is 0 Å². The fourth-order valence-electron chi connectivity index (χ4n) is 2.62. The number of aliphatic hydroxyl groups excluding tert-OH is 2. The van der Waals surface area contributed by atoms with Crippen LogP contribution in [0.15, 0.2) is 12.1 Å². The van der Waals surface area contributed by atoms with Crippen molar-refractivity contribution in [2.24, 2.45) is 0 Å². The van der Waals surface area contributed by atoms with Crippen LogP contribution in [-0.2, 0) is 13.8 Å². The summed E-state index contributed by atoms with van der Waals surface area (Å²) in [5.41, 5.74) is 3.26. The van der Waals surface area contributed by atoms with Crippen molar-refractivity contribution in [2.75, 3.05) is 6.61 Å². The Morgan fingerprint density at radius 2 is 1.92 bits per heavy atom. The highest BCUT2D eigenvalue weighted by Gasteiger charge is 2.45. The molecule has 3 rings (SSSR count). The average molecular weight is 359 g/mol. The van der Waals surface area contributed by atoms with Gasteiger partial charge in [-0.15, -0.1) is 5.10 Å². The van der Waals surface area contributed by atoms with E-state index >= 15 is 0 Å². The quantitative estimate of drug-likeness (QED) is 0.544. The molecule has 1 fully saturated rings. The van der Waals surface area contributed by atoms with Crippen molar-refractivity contribution < 1.29 is 33.8 Å². The highest BCUT2D eigenvalue weighted by Crippen LogP contribution is 2.38. The molecule has 0 amide bonds. The van der Waals surface area contributed by atoms with Gasteiger partial charge in [0.15, 0.2) is 6.23 Å². The Bertz CT molecular complexity index is 804. The lowest BCUT2D eigenvalue weighted by Crippen LogP contribution is -2.33. The Morgan fingerprint density at radius 1 is 1.25 bits per heavy atom. The number of hydrogen-bond acceptors (Lipinski definition) is 7. The second-order valence-corrected chi connectivity index (χ2v) is 7.03. The van der Waals surface area contributed by atoms with E-state index in [0.29, 0.717) is 11.0 Å². The summed E-state index contributed by atoms with van der Waals surface area (Å²) in [6.45, 7) is 3.29. The summed E-state index contributed by atoms with van der Waals surface area (Å²) in [6, 6.07) is 3.69. The van der Waals surface area contributed by atoms with E-state index in [1.165, 1.54) is 4.68 Å². The van der Waals surface area contributed by atoms with Gasteiger partial charge in [-0.1, -0.05) is 5.21 Å². The molecule has 2 aromatic rings. The molecule has 0 bridgehead atoms. The Balaban J connectivity index is 1.87. The molecular weight excluding hydrogens is 341 g/mol. The third-order valence-electron chi connectivity index (χ3n) is 4.07. The number of hydrogen-bond donors (Lipinski definition) is 4. The number of benzene rings is 1. The van der Waals surface area contributed by atoms with Crippen molar-refractivity contribution in [3.05, 3.63) is 23.3 Å². The van der Waals surface area contributed by atoms with E-state index in [9.17, 15) is 14.8 Å². The molecule has 1 aromatic carbocycles. The molecule has 132 valence electrons. The third kappa shape index (κ3) is 3.22. The van der Waals surface area contributed by atoms with Crippen molar-refractivity contribution in [1.29, 1.82) is 0 Å². The molecule has 0 spiro atoms. The summed E-state index contributed by atoms with van der Waals surface area (Å²) in [5, 5.41) is 28.2. The summed E-state index contributed by atoms with van der Waals surface area (Å²) in [5.74, 6) is 0. The number of aromatic nitrogens is 3. The van der Waals surface area contributed by atoms with Crippen LogP contribution in [0.4, 0.5) is 0 Å². The zero-order chi connectivity index (χ0) is 17.6. The topological polar surface area (TPSA) is 147 Å². The summed E-state index contributed by atoms with van der Waals surface area (Å²) < 4.78 is 22.0. The summed E-state index contributed by atoms with van der Waals surface area (Å²) in [6.07, 6.45) is -4.88. The molecule has 24 heavy (non-hydrogen) atoms. The lowest BCUT2D eigenvalue weighted by Gasteiger charge is -2.15. The minimum atomic E-state index is -4.70. The standard InChI is InChI=1S/C13H18N3O7P/c1-6-3-8-9(4-7(6)2)16(15-14-8)13-12(18)11(17)10(23-13)5-22-24(19,20)21/h3-4,10-13,17-18H,5H2,1-2H3,(H2,19,20,21)/t10-,11-,12-,13-/m1/s1. The Kier molecular flexibility index (Phi) is 4.47. The zero-order valence-electron chi connectivity index (χ0n) is 13.0. The molecule has 1 aromatic heterocycles. The van der Waals surface area contributed by atoms with Gasteiger partial charge in [0.2, 0.25) is 0 Å². The largest absolute Gasteiger partial charge is 0.469 e. The first kappa shape index (κ1) is 17.4. The molecule has 10 nitrogen and oxygen atoms in total. The lowest BCUT2D eigenvalue weighted by molar-refractivity contribution is -0.0564. The molecule has 2 heterocycles. The van der Waals surface area contributed by atoms with Crippen LogP contribution in [-0.4, -0.2) is 59.9 Å². The number of phosphoric ester groups is 1. The number of rotatable bonds is 4. The number of aliphatic hydroxyl groups is 2. The third-order valence-corrected chi connectivity index (χ3v) is 4.56. The first-order valence-corrected chi connectivity index (χ1v) is 8.74. The number of nitrogens with zero attached hydrogens (tertiary/aromatic N) is 3. The highest BCUT2D eigenvalue weighted by atomic mass is 31.2. The van der Waals surface area contributed by atoms with Gasteiger partial charge in [-0.05, 0) is 37.1 Å². The van der Waals surface area contributed by atoms with Crippen molar-refractivity contribution in [2.45, 2.75) is 38.4 Å². The minimum absolute atomic E-state index is 0.566. The van der Waals surface area contributed by atoms with Crippen LogP contribution in [0.2, 0.25) is 0 Å². The van der Waals surface area contributed by atoms with Crippen LogP contribution >= 0.6 is 7.82 Å². The van der Waals surface area contributed by atoms with E-state index in [1.807, 2.05) is 26.0 Å². The maximum atomic E-state index is 10.8. The van der Waals surface area contributed by atoms with Crippen LogP contribution in [0.3, 0.4) is 0 Å². The van der Waals surface area contributed by atoms with Gasteiger partial charge in [0.05, 0.1) is 12.1 Å². The molecule has 4 atom stereocenters. The second kappa shape index (κ2) is 6.16. The predicted octanol–water partition coefficient (Wildman–Crippen LogP) is -0.223. The second-order valence-electron chi connectivity index (χ2n) is 5.79. The van der Waals surface area contributed by atoms with Crippen molar-refractivity contribution >= 4 is 18.9 Å². The van der Waals surface area contributed by atoms with Crippen LogP contribution < -0.4 is 0 Å². The van der Waals surface area contributed by atoms with Gasteiger partial charge in [-0.2, -0.15) is 0 Å². The number of fused-ring (bicyclic) bond motifs is 1. The first-order chi connectivity index (χ1) is 11.2. The highest BCUT2D eigenvalue weighted by molar-refractivity contribution is 7.46. The summed E-state index contributed by atoms with van der Waals surface area (Å²) >= 11 is 0.